The van der Waals surface area contributed by atoms with Crippen molar-refractivity contribution in [3.05, 3.63) is 69.7 Å². The second kappa shape index (κ2) is 10.6. The van der Waals surface area contributed by atoms with Crippen LogP contribution in [0, 0.1) is 6.92 Å². The Morgan fingerprint density at radius 3 is 2.29 bits per heavy atom. The molecule has 0 spiro atoms. The fourth-order valence-electron chi connectivity index (χ4n) is 2.49. The van der Waals surface area contributed by atoms with Crippen LogP contribution in [-0.2, 0) is 4.79 Å². The Balaban J connectivity index is 1.66. The zero-order valence-corrected chi connectivity index (χ0v) is 17.5. The van der Waals surface area contributed by atoms with Crippen molar-refractivity contribution >= 4 is 33.7 Å². The lowest BCUT2D eigenvalue weighted by Crippen LogP contribution is -2.45. The predicted molar refractivity (Wildman–Crippen MR) is 112 cm³/mol. The summed E-state index contributed by atoms with van der Waals surface area (Å²) in [6, 6.07) is 13.6. The predicted octanol–water partition coefficient (Wildman–Crippen LogP) is 2.81. The van der Waals surface area contributed by atoms with Gasteiger partial charge < -0.3 is 16.0 Å². The molecule has 0 aliphatic heterocycles. The van der Waals surface area contributed by atoms with Crippen LogP contribution in [0.4, 0.5) is 0 Å². The molecule has 1 atom stereocenters. The van der Waals surface area contributed by atoms with Crippen molar-refractivity contribution in [3.63, 3.8) is 0 Å². The number of aryl methyl sites for hydroxylation is 1. The molecule has 2 aromatic carbocycles. The molecule has 0 aliphatic carbocycles. The molecule has 0 aliphatic rings. The number of carbonyl (C=O) groups excluding carboxylic acids is 3. The van der Waals surface area contributed by atoms with Crippen LogP contribution >= 0.6 is 15.9 Å². The topological polar surface area (TPSA) is 87.3 Å². The van der Waals surface area contributed by atoms with Crippen LogP contribution in [0.1, 0.15) is 39.6 Å². The van der Waals surface area contributed by atoms with Gasteiger partial charge in [-0.25, -0.2) is 0 Å². The van der Waals surface area contributed by atoms with Gasteiger partial charge in [0.25, 0.3) is 11.8 Å². The maximum Gasteiger partial charge on any atom is 0.251 e. The van der Waals surface area contributed by atoms with Crippen LogP contribution in [0.5, 0.6) is 0 Å². The van der Waals surface area contributed by atoms with Crippen molar-refractivity contribution in [2.75, 3.05) is 13.1 Å². The van der Waals surface area contributed by atoms with E-state index in [9.17, 15) is 14.4 Å². The molecule has 1 unspecified atom stereocenters. The van der Waals surface area contributed by atoms with Gasteiger partial charge in [0.05, 0.1) is 0 Å². The molecule has 0 saturated heterocycles. The highest BCUT2D eigenvalue weighted by molar-refractivity contribution is 9.10. The second-order valence-electron chi connectivity index (χ2n) is 6.47. The third-order valence-corrected chi connectivity index (χ3v) is 4.59. The summed E-state index contributed by atoms with van der Waals surface area (Å²) < 4.78 is 0.912. The Morgan fingerprint density at radius 1 is 0.929 bits per heavy atom. The Kier molecular flexibility index (Phi) is 8.19. The van der Waals surface area contributed by atoms with E-state index in [1.54, 1.807) is 37.3 Å². The van der Waals surface area contributed by atoms with E-state index in [4.69, 9.17) is 0 Å². The summed E-state index contributed by atoms with van der Waals surface area (Å²) in [4.78, 5) is 36.3. The minimum absolute atomic E-state index is 0.155. The summed E-state index contributed by atoms with van der Waals surface area (Å²) >= 11 is 3.33. The number of benzene rings is 2. The lowest BCUT2D eigenvalue weighted by molar-refractivity contribution is -0.122. The van der Waals surface area contributed by atoms with E-state index < -0.39 is 6.04 Å². The van der Waals surface area contributed by atoms with Gasteiger partial charge in [-0.15, -0.1) is 0 Å². The summed E-state index contributed by atoms with van der Waals surface area (Å²) in [5.74, 6) is -0.703. The lowest BCUT2D eigenvalue weighted by Gasteiger charge is -2.14. The first kappa shape index (κ1) is 21.6. The number of amides is 3. The normalized spacial score (nSPS) is 11.4. The van der Waals surface area contributed by atoms with Crippen molar-refractivity contribution in [3.8, 4) is 0 Å². The first-order valence-electron chi connectivity index (χ1n) is 9.06. The third kappa shape index (κ3) is 6.81. The van der Waals surface area contributed by atoms with E-state index in [2.05, 4.69) is 31.9 Å². The number of hydrogen-bond acceptors (Lipinski definition) is 3. The van der Waals surface area contributed by atoms with E-state index in [0.717, 1.165) is 10.0 Å². The monoisotopic (exact) mass is 445 g/mol. The lowest BCUT2D eigenvalue weighted by atomic mass is 10.1. The SMILES string of the molecule is Cc1cccc(C(=O)NC(C)C(=O)NCCCNC(=O)c2ccc(Br)cc2)c1. The van der Waals surface area contributed by atoms with Crippen molar-refractivity contribution < 1.29 is 14.4 Å². The fraction of sp³-hybridized carbons (Fsp3) is 0.286. The van der Waals surface area contributed by atoms with Crippen molar-refractivity contribution in [2.24, 2.45) is 0 Å². The Bertz CT molecular complexity index is 837. The zero-order valence-electron chi connectivity index (χ0n) is 15.9. The molecule has 0 fully saturated rings. The smallest absolute Gasteiger partial charge is 0.251 e. The van der Waals surface area contributed by atoms with E-state index >= 15 is 0 Å². The van der Waals surface area contributed by atoms with Crippen LogP contribution in [0.15, 0.2) is 53.0 Å². The van der Waals surface area contributed by atoms with Gasteiger partial charge in [0, 0.05) is 28.7 Å². The molecule has 2 rings (SSSR count). The number of halogens is 1. The van der Waals surface area contributed by atoms with Crippen LogP contribution < -0.4 is 16.0 Å². The number of carbonyl (C=O) groups is 3. The molecule has 0 saturated carbocycles. The molecule has 0 bridgehead atoms. The summed E-state index contributed by atoms with van der Waals surface area (Å²) in [6.07, 6.45) is 0.590. The zero-order chi connectivity index (χ0) is 20.5. The molecule has 0 heterocycles. The van der Waals surface area contributed by atoms with Crippen molar-refractivity contribution in [2.45, 2.75) is 26.3 Å². The van der Waals surface area contributed by atoms with Gasteiger partial charge in [-0.1, -0.05) is 33.6 Å². The third-order valence-electron chi connectivity index (χ3n) is 4.07. The molecular formula is C21H24BrN3O3. The molecule has 3 amide bonds. The first-order valence-corrected chi connectivity index (χ1v) is 9.85. The standard InChI is InChI=1S/C21H24BrN3O3/c1-14-5-3-6-17(13-14)21(28)25-15(2)19(26)23-11-4-12-24-20(27)16-7-9-18(22)10-8-16/h3,5-10,13,15H,4,11-12H2,1-2H3,(H,23,26)(H,24,27)(H,25,28). The Labute approximate surface area is 173 Å². The molecule has 28 heavy (non-hydrogen) atoms. The van der Waals surface area contributed by atoms with E-state index in [0.29, 0.717) is 30.6 Å². The average Bonchev–Trinajstić information content (AvgIpc) is 2.67. The average molecular weight is 446 g/mol. The second-order valence-corrected chi connectivity index (χ2v) is 7.39. The Morgan fingerprint density at radius 2 is 1.61 bits per heavy atom. The largest absolute Gasteiger partial charge is 0.354 e. The molecule has 0 radical (unpaired) electrons. The van der Waals surface area contributed by atoms with E-state index in [1.807, 2.05) is 25.1 Å². The summed E-state index contributed by atoms with van der Waals surface area (Å²) in [7, 11) is 0. The molecule has 148 valence electrons. The van der Waals surface area contributed by atoms with E-state index in [-0.39, 0.29) is 17.7 Å². The van der Waals surface area contributed by atoms with Gasteiger partial charge in [-0.05, 0) is 56.7 Å². The quantitative estimate of drug-likeness (QED) is 0.545. The van der Waals surface area contributed by atoms with Gasteiger partial charge in [0.2, 0.25) is 5.91 Å². The van der Waals surface area contributed by atoms with Gasteiger partial charge in [0.15, 0.2) is 0 Å². The molecule has 6 nitrogen and oxygen atoms in total. The minimum atomic E-state index is -0.648. The van der Waals surface area contributed by atoms with E-state index in [1.165, 1.54) is 0 Å². The van der Waals surface area contributed by atoms with Crippen LogP contribution in [0.25, 0.3) is 0 Å². The summed E-state index contributed by atoms with van der Waals surface area (Å²) in [6.45, 7) is 4.39. The highest BCUT2D eigenvalue weighted by Gasteiger charge is 2.16. The highest BCUT2D eigenvalue weighted by atomic mass is 79.9. The van der Waals surface area contributed by atoms with Crippen LogP contribution in [-0.4, -0.2) is 36.9 Å². The first-order chi connectivity index (χ1) is 13.4. The highest BCUT2D eigenvalue weighted by Crippen LogP contribution is 2.10. The van der Waals surface area contributed by atoms with Gasteiger partial charge in [0.1, 0.15) is 6.04 Å². The Hall–Kier alpha value is -2.67. The van der Waals surface area contributed by atoms with Crippen LogP contribution in [0.2, 0.25) is 0 Å². The van der Waals surface area contributed by atoms with Crippen LogP contribution in [0.3, 0.4) is 0 Å². The number of rotatable bonds is 8. The number of hydrogen-bond donors (Lipinski definition) is 3. The maximum atomic E-state index is 12.2. The van der Waals surface area contributed by atoms with Gasteiger partial charge >= 0.3 is 0 Å². The molecular weight excluding hydrogens is 422 g/mol. The molecule has 0 aromatic heterocycles. The van der Waals surface area contributed by atoms with Crippen molar-refractivity contribution in [1.82, 2.24) is 16.0 Å². The maximum absolute atomic E-state index is 12.2. The number of nitrogens with one attached hydrogen (secondary N) is 3. The molecule has 2 aromatic rings. The van der Waals surface area contributed by atoms with Gasteiger partial charge in [-0.3, -0.25) is 14.4 Å². The fourth-order valence-corrected chi connectivity index (χ4v) is 2.75. The summed E-state index contributed by atoms with van der Waals surface area (Å²) in [5.41, 5.74) is 2.09. The molecule has 3 N–H and O–H groups in total. The minimum Gasteiger partial charge on any atom is -0.354 e. The molecule has 7 heteroatoms. The van der Waals surface area contributed by atoms with Crippen molar-refractivity contribution in [1.29, 1.82) is 0 Å². The van der Waals surface area contributed by atoms with Gasteiger partial charge in [-0.2, -0.15) is 0 Å². The summed E-state index contributed by atoms with van der Waals surface area (Å²) in [5, 5.41) is 8.25.